The third-order valence-corrected chi connectivity index (χ3v) is 5.17. The molecule has 1 saturated heterocycles. The largest absolute Gasteiger partial charge is 0.348 e. The van der Waals surface area contributed by atoms with Crippen LogP contribution in [-0.4, -0.2) is 24.8 Å². The average Bonchev–Trinajstić information content (AvgIpc) is 2.97. The van der Waals surface area contributed by atoms with Crippen LogP contribution in [0.15, 0.2) is 48.4 Å². The van der Waals surface area contributed by atoms with Gasteiger partial charge in [-0.15, -0.1) is 0 Å². The molecular weight excluding hydrogens is 295 g/mol. The van der Waals surface area contributed by atoms with E-state index >= 15 is 0 Å². The van der Waals surface area contributed by atoms with E-state index in [1.165, 1.54) is 6.08 Å². The van der Waals surface area contributed by atoms with Crippen molar-refractivity contribution in [3.05, 3.63) is 48.4 Å². The summed E-state index contributed by atoms with van der Waals surface area (Å²) in [6, 6.07) is 0. The molecule has 1 spiro atoms. The number of fused-ring (bicyclic) bond motifs is 1. The van der Waals surface area contributed by atoms with E-state index in [4.69, 9.17) is 9.47 Å². The van der Waals surface area contributed by atoms with Crippen LogP contribution in [0.3, 0.4) is 0 Å². The monoisotopic (exact) mass is 318 g/mol. The molecule has 23 heavy (non-hydrogen) atoms. The van der Waals surface area contributed by atoms with Crippen molar-refractivity contribution < 1.29 is 18.7 Å². The van der Waals surface area contributed by atoms with Crippen LogP contribution in [0.4, 0.5) is 4.39 Å². The van der Waals surface area contributed by atoms with Crippen LogP contribution in [-0.2, 0) is 14.3 Å². The Morgan fingerprint density at radius 1 is 1.30 bits per heavy atom. The highest BCUT2D eigenvalue weighted by Crippen LogP contribution is 2.47. The van der Waals surface area contributed by atoms with Gasteiger partial charge in [-0.2, -0.15) is 0 Å². The van der Waals surface area contributed by atoms with Crippen LogP contribution in [0.1, 0.15) is 32.1 Å². The summed E-state index contributed by atoms with van der Waals surface area (Å²) in [4.78, 5) is 12.8. The number of carbonyl (C=O) groups is 1. The fourth-order valence-electron chi connectivity index (χ4n) is 4.04. The van der Waals surface area contributed by atoms with Gasteiger partial charge in [-0.3, -0.25) is 4.79 Å². The zero-order valence-electron chi connectivity index (χ0n) is 13.4. The Hall–Kier alpha value is -1.52. The van der Waals surface area contributed by atoms with Crippen molar-refractivity contribution in [3.8, 4) is 0 Å². The number of carbonyl (C=O) groups excluding carboxylic acids is 1. The smallest absolute Gasteiger partial charge is 0.168 e. The van der Waals surface area contributed by atoms with Gasteiger partial charge in [-0.05, 0) is 36.8 Å². The minimum Gasteiger partial charge on any atom is -0.348 e. The van der Waals surface area contributed by atoms with Crippen molar-refractivity contribution in [2.24, 2.45) is 11.8 Å². The quantitative estimate of drug-likeness (QED) is 0.582. The lowest BCUT2D eigenvalue weighted by molar-refractivity contribution is -0.196. The van der Waals surface area contributed by atoms with Crippen molar-refractivity contribution in [1.29, 1.82) is 0 Å². The summed E-state index contributed by atoms with van der Waals surface area (Å²) in [7, 11) is 0. The van der Waals surface area contributed by atoms with Crippen molar-refractivity contribution in [2.75, 3.05) is 13.2 Å². The maximum atomic E-state index is 13.5. The molecule has 2 saturated carbocycles. The van der Waals surface area contributed by atoms with Gasteiger partial charge >= 0.3 is 0 Å². The molecule has 3 fully saturated rings. The Kier molecular flexibility index (Phi) is 4.64. The summed E-state index contributed by atoms with van der Waals surface area (Å²) in [5.41, 5.74) is 1.03. The molecule has 3 rings (SSSR count). The molecule has 124 valence electrons. The number of halogens is 1. The summed E-state index contributed by atoms with van der Waals surface area (Å²) in [5, 5.41) is 0. The number of hydrogen-bond acceptors (Lipinski definition) is 3. The Morgan fingerprint density at radius 3 is 2.70 bits per heavy atom. The SMILES string of the molecule is C=C/C=C(/C=C1\CCC2CC3(CCC2C1=O)OCCO3)C(=C)F. The normalized spacial score (nSPS) is 32.1. The van der Waals surface area contributed by atoms with Gasteiger partial charge in [0.1, 0.15) is 5.83 Å². The molecule has 1 heterocycles. The number of hydrogen-bond donors (Lipinski definition) is 0. The fourth-order valence-corrected chi connectivity index (χ4v) is 4.04. The van der Waals surface area contributed by atoms with E-state index in [9.17, 15) is 9.18 Å². The third kappa shape index (κ3) is 3.24. The van der Waals surface area contributed by atoms with E-state index in [0.717, 1.165) is 25.7 Å². The van der Waals surface area contributed by atoms with E-state index in [-0.39, 0.29) is 11.7 Å². The number of ether oxygens (including phenoxy) is 2. The average molecular weight is 318 g/mol. The third-order valence-electron chi connectivity index (χ3n) is 5.17. The van der Waals surface area contributed by atoms with Crippen LogP contribution < -0.4 is 0 Å². The maximum Gasteiger partial charge on any atom is 0.168 e. The van der Waals surface area contributed by atoms with Crippen LogP contribution in [0.5, 0.6) is 0 Å². The first-order valence-electron chi connectivity index (χ1n) is 8.25. The molecule has 2 atom stereocenters. The van der Waals surface area contributed by atoms with E-state index in [1.54, 1.807) is 12.2 Å². The molecule has 0 radical (unpaired) electrons. The Labute approximate surface area is 136 Å². The Bertz CT molecular complexity index is 581. The summed E-state index contributed by atoms with van der Waals surface area (Å²) in [6.45, 7) is 8.18. The molecule has 2 aliphatic carbocycles. The molecule has 0 bridgehead atoms. The summed E-state index contributed by atoms with van der Waals surface area (Å²) in [5.74, 6) is -0.546. The summed E-state index contributed by atoms with van der Waals surface area (Å²) in [6.07, 6.45) is 8.60. The number of allylic oxidation sites excluding steroid dienone is 6. The van der Waals surface area contributed by atoms with Gasteiger partial charge in [0.15, 0.2) is 11.6 Å². The lowest BCUT2D eigenvalue weighted by atomic mass is 9.66. The van der Waals surface area contributed by atoms with Gasteiger partial charge in [0, 0.05) is 24.3 Å². The summed E-state index contributed by atoms with van der Waals surface area (Å²) >= 11 is 0. The molecular formula is C19H23FO3. The molecule has 2 unspecified atom stereocenters. The van der Waals surface area contributed by atoms with Crippen molar-refractivity contribution in [2.45, 2.75) is 37.9 Å². The van der Waals surface area contributed by atoms with E-state index < -0.39 is 11.6 Å². The molecule has 1 aliphatic heterocycles. The second-order valence-corrected chi connectivity index (χ2v) is 6.55. The first-order valence-corrected chi connectivity index (χ1v) is 8.25. The van der Waals surface area contributed by atoms with E-state index in [0.29, 0.717) is 36.7 Å². The molecule has 4 heteroatoms. The van der Waals surface area contributed by atoms with E-state index in [1.807, 2.05) is 0 Å². The Balaban J connectivity index is 1.76. The lowest BCUT2D eigenvalue weighted by Gasteiger charge is -2.43. The highest BCUT2D eigenvalue weighted by molar-refractivity contribution is 5.98. The maximum absolute atomic E-state index is 13.5. The van der Waals surface area contributed by atoms with Crippen LogP contribution >= 0.6 is 0 Å². The number of ketones is 1. The molecule has 0 amide bonds. The zero-order chi connectivity index (χ0) is 16.4. The molecule has 0 aromatic rings. The molecule has 3 aliphatic rings. The minimum absolute atomic E-state index is 0.00582. The molecule has 0 aromatic heterocycles. The van der Waals surface area contributed by atoms with Crippen molar-refractivity contribution >= 4 is 5.78 Å². The van der Waals surface area contributed by atoms with Gasteiger partial charge < -0.3 is 9.47 Å². The number of Topliss-reactive ketones (excluding diaryl/α,β-unsaturated/α-hetero) is 1. The lowest BCUT2D eigenvalue weighted by Crippen LogP contribution is -2.44. The fraction of sp³-hybridized carbons (Fsp3) is 0.526. The number of rotatable bonds is 3. The minimum atomic E-state index is -0.539. The second-order valence-electron chi connectivity index (χ2n) is 6.55. The predicted octanol–water partition coefficient (Wildman–Crippen LogP) is 4.03. The van der Waals surface area contributed by atoms with Gasteiger partial charge in [-0.25, -0.2) is 4.39 Å². The van der Waals surface area contributed by atoms with Crippen molar-refractivity contribution in [3.63, 3.8) is 0 Å². The van der Waals surface area contributed by atoms with Crippen molar-refractivity contribution in [1.82, 2.24) is 0 Å². The first kappa shape index (κ1) is 16.3. The highest BCUT2D eigenvalue weighted by Gasteiger charge is 2.48. The van der Waals surface area contributed by atoms with Crippen LogP contribution in [0.2, 0.25) is 0 Å². The zero-order valence-corrected chi connectivity index (χ0v) is 13.4. The molecule has 0 N–H and O–H groups in total. The van der Waals surface area contributed by atoms with E-state index in [2.05, 4.69) is 13.2 Å². The van der Waals surface area contributed by atoms with Gasteiger partial charge in [-0.1, -0.05) is 25.3 Å². The predicted molar refractivity (Wildman–Crippen MR) is 86.3 cm³/mol. The van der Waals surface area contributed by atoms with Crippen LogP contribution in [0, 0.1) is 11.8 Å². The van der Waals surface area contributed by atoms with Gasteiger partial charge in [0.05, 0.1) is 13.2 Å². The summed E-state index contributed by atoms with van der Waals surface area (Å²) < 4.78 is 25.1. The Morgan fingerprint density at radius 2 is 2.04 bits per heavy atom. The standard InChI is InChI=1S/C19H23FO3/c1-3-4-14(13(2)20)11-15-5-6-16-12-19(22-9-10-23-19)8-7-17(16)18(15)21/h3-4,11,16-17H,1-2,5-10,12H2/b14-4-,15-11+. The highest BCUT2D eigenvalue weighted by atomic mass is 19.1. The molecule has 0 aromatic carbocycles. The van der Waals surface area contributed by atoms with Gasteiger partial charge in [0.2, 0.25) is 0 Å². The molecule has 3 nitrogen and oxygen atoms in total. The topological polar surface area (TPSA) is 35.5 Å². The van der Waals surface area contributed by atoms with Crippen LogP contribution in [0.25, 0.3) is 0 Å². The second kappa shape index (κ2) is 6.54. The first-order chi connectivity index (χ1) is 11.0. The van der Waals surface area contributed by atoms with Gasteiger partial charge in [0.25, 0.3) is 0 Å².